The van der Waals surface area contributed by atoms with E-state index < -0.39 is 9.17 Å². The van der Waals surface area contributed by atoms with Crippen LogP contribution in [0, 0.1) is 0 Å². The molecule has 1 aromatic carbocycles. The van der Waals surface area contributed by atoms with Gasteiger partial charge in [0.2, 0.25) is 0 Å². The predicted molar refractivity (Wildman–Crippen MR) is 60.3 cm³/mol. The number of alkyl halides is 4. The zero-order valence-corrected chi connectivity index (χ0v) is 10.1. The van der Waals surface area contributed by atoms with Gasteiger partial charge in [0.05, 0.1) is 0 Å². The fraction of sp³-hybridized carbons (Fsp3) is 0.250. The highest BCUT2D eigenvalue weighted by molar-refractivity contribution is 6.59. The molecule has 0 saturated carbocycles. The quantitative estimate of drug-likeness (QED) is 0.683. The second-order valence-electron chi connectivity index (χ2n) is 2.40. The minimum absolute atomic E-state index is 0.443. The maximum atomic E-state index is 5.92. The molecule has 0 aromatic heterocycles. The molecule has 0 radical (unpaired) electrons. The third-order valence-corrected chi connectivity index (χ3v) is 3.78. The summed E-state index contributed by atoms with van der Waals surface area (Å²) in [7, 11) is 0. The van der Waals surface area contributed by atoms with Crippen LogP contribution in [0.2, 0.25) is 5.02 Å². The average Bonchev–Trinajstić information content (AvgIpc) is 2.04. The lowest BCUT2D eigenvalue weighted by Gasteiger charge is -2.21. The van der Waals surface area contributed by atoms with Gasteiger partial charge >= 0.3 is 0 Å². The molecule has 5 heteroatoms. The highest BCUT2D eigenvalue weighted by Gasteiger charge is 2.35. The summed E-state index contributed by atoms with van der Waals surface area (Å²) in [5.74, 6) is 0. The van der Waals surface area contributed by atoms with E-state index >= 15 is 0 Å². The normalized spacial score (nSPS) is 12.2. The molecule has 0 bridgehead atoms. The molecule has 0 spiro atoms. The Morgan fingerprint density at radius 1 is 1.08 bits per heavy atom. The lowest BCUT2D eigenvalue weighted by atomic mass is 10.1. The first-order chi connectivity index (χ1) is 5.96. The van der Waals surface area contributed by atoms with E-state index in [4.69, 9.17) is 58.0 Å². The molecule has 0 saturated heterocycles. The molecule has 1 aromatic rings. The van der Waals surface area contributed by atoms with E-state index in [1.807, 2.05) is 0 Å². The molecule has 0 atom stereocenters. The zero-order valence-electron chi connectivity index (χ0n) is 6.28. The predicted octanol–water partition coefficient (Wildman–Crippen LogP) is 4.77. The van der Waals surface area contributed by atoms with Gasteiger partial charge in [-0.3, -0.25) is 0 Å². The topological polar surface area (TPSA) is 0 Å². The summed E-state index contributed by atoms with van der Waals surface area (Å²) in [5.41, 5.74) is 0.509. The van der Waals surface area contributed by atoms with Crippen molar-refractivity contribution in [2.24, 2.45) is 0 Å². The van der Waals surface area contributed by atoms with E-state index in [0.29, 0.717) is 10.6 Å². The van der Waals surface area contributed by atoms with Gasteiger partial charge in [0.15, 0.2) is 4.33 Å². The summed E-state index contributed by atoms with van der Waals surface area (Å²) >= 11 is 28.9. The van der Waals surface area contributed by atoms with E-state index in [9.17, 15) is 0 Å². The number of benzene rings is 1. The first kappa shape index (κ1) is 11.7. The summed E-state index contributed by atoms with van der Waals surface area (Å²) in [6.07, 6.45) is 0. The van der Waals surface area contributed by atoms with Crippen molar-refractivity contribution in [3.63, 3.8) is 0 Å². The van der Waals surface area contributed by atoms with E-state index in [1.54, 1.807) is 24.3 Å². The van der Waals surface area contributed by atoms with Gasteiger partial charge in [-0.15, -0.1) is 23.2 Å². The third kappa shape index (κ3) is 2.57. The van der Waals surface area contributed by atoms with Gasteiger partial charge < -0.3 is 0 Å². The second-order valence-corrected chi connectivity index (χ2v) is 5.29. The Morgan fingerprint density at radius 2 is 1.62 bits per heavy atom. The molecule has 1 rings (SSSR count). The van der Waals surface area contributed by atoms with Crippen LogP contribution >= 0.6 is 58.0 Å². The third-order valence-electron chi connectivity index (χ3n) is 1.51. The van der Waals surface area contributed by atoms with Gasteiger partial charge in [0.25, 0.3) is 0 Å². The molecular formula is C8H5Cl5. The van der Waals surface area contributed by atoms with Gasteiger partial charge in [-0.25, -0.2) is 0 Å². The Labute approximate surface area is 102 Å². The molecule has 0 unspecified atom stereocenters. The van der Waals surface area contributed by atoms with Crippen LogP contribution in [-0.4, -0.2) is 4.84 Å². The van der Waals surface area contributed by atoms with Gasteiger partial charge in [-0.1, -0.05) is 53.0 Å². The maximum absolute atomic E-state index is 5.92. The number of hydrogen-bond donors (Lipinski definition) is 0. The van der Waals surface area contributed by atoms with Crippen molar-refractivity contribution in [2.45, 2.75) is 9.17 Å². The van der Waals surface area contributed by atoms with Gasteiger partial charge in [-0.05, 0) is 6.07 Å². The largest absolute Gasteiger partial charge is 0.174 e. The Balaban J connectivity index is 3.14. The van der Waals surface area contributed by atoms with Crippen molar-refractivity contribution in [2.75, 3.05) is 0 Å². The Kier molecular flexibility index (Phi) is 4.03. The first-order valence-electron chi connectivity index (χ1n) is 3.37. The fourth-order valence-electron chi connectivity index (χ4n) is 0.849. The lowest BCUT2D eigenvalue weighted by Crippen LogP contribution is -2.19. The second kappa shape index (κ2) is 4.46. The SMILES string of the molecule is Clc1ccccc1C(Cl)(Cl)C(Cl)Cl. The van der Waals surface area contributed by atoms with Crippen LogP contribution in [0.15, 0.2) is 24.3 Å². The summed E-state index contributed by atoms with van der Waals surface area (Å²) in [6, 6.07) is 6.89. The van der Waals surface area contributed by atoms with Crippen LogP contribution in [0.5, 0.6) is 0 Å². The molecule has 13 heavy (non-hydrogen) atoms. The number of rotatable bonds is 2. The van der Waals surface area contributed by atoms with Gasteiger partial charge in [0.1, 0.15) is 4.84 Å². The minimum atomic E-state index is -1.37. The Hall–Kier alpha value is 0.670. The summed E-state index contributed by atoms with van der Waals surface area (Å²) < 4.78 is -1.37. The number of hydrogen-bond acceptors (Lipinski definition) is 0. The van der Waals surface area contributed by atoms with Crippen molar-refractivity contribution in [3.8, 4) is 0 Å². The van der Waals surface area contributed by atoms with Crippen LogP contribution in [0.4, 0.5) is 0 Å². The highest BCUT2D eigenvalue weighted by Crippen LogP contribution is 2.44. The summed E-state index contributed by atoms with van der Waals surface area (Å²) in [4.78, 5) is -0.935. The van der Waals surface area contributed by atoms with Crippen molar-refractivity contribution < 1.29 is 0 Å². The smallest absolute Gasteiger partial charge is 0.102 e. The van der Waals surface area contributed by atoms with Crippen molar-refractivity contribution in [3.05, 3.63) is 34.9 Å². The molecule has 0 N–H and O–H groups in total. The molecular weight excluding hydrogens is 273 g/mol. The van der Waals surface area contributed by atoms with E-state index in [0.717, 1.165) is 0 Å². The van der Waals surface area contributed by atoms with E-state index in [1.165, 1.54) is 0 Å². The van der Waals surface area contributed by atoms with Crippen LogP contribution in [0.25, 0.3) is 0 Å². The van der Waals surface area contributed by atoms with Gasteiger partial charge in [-0.2, -0.15) is 0 Å². The molecule has 0 heterocycles. The molecule has 0 aliphatic heterocycles. The van der Waals surface area contributed by atoms with Crippen molar-refractivity contribution >= 4 is 58.0 Å². The van der Waals surface area contributed by atoms with E-state index in [2.05, 4.69) is 0 Å². The Bertz CT molecular complexity index is 294. The first-order valence-corrected chi connectivity index (χ1v) is 5.38. The number of halogens is 5. The monoisotopic (exact) mass is 276 g/mol. The zero-order chi connectivity index (χ0) is 10.1. The summed E-state index contributed by atoms with van der Waals surface area (Å²) in [5, 5.41) is 0.443. The van der Waals surface area contributed by atoms with E-state index in [-0.39, 0.29) is 0 Å². The lowest BCUT2D eigenvalue weighted by molar-refractivity contribution is 0.934. The molecule has 0 nitrogen and oxygen atoms in total. The van der Waals surface area contributed by atoms with Crippen molar-refractivity contribution in [1.29, 1.82) is 0 Å². The van der Waals surface area contributed by atoms with Crippen molar-refractivity contribution in [1.82, 2.24) is 0 Å². The highest BCUT2D eigenvalue weighted by atomic mass is 35.5. The minimum Gasteiger partial charge on any atom is -0.102 e. The Morgan fingerprint density at radius 3 is 2.08 bits per heavy atom. The average molecular weight is 278 g/mol. The van der Waals surface area contributed by atoms with Gasteiger partial charge in [0, 0.05) is 10.6 Å². The molecule has 0 amide bonds. The standard InChI is InChI=1S/C8H5Cl5/c9-6-4-2-1-3-5(6)8(12,13)7(10)11/h1-4,7H. The molecule has 0 aliphatic carbocycles. The molecule has 72 valence electrons. The van der Waals surface area contributed by atoms with Crippen LogP contribution in [0.1, 0.15) is 5.56 Å². The van der Waals surface area contributed by atoms with Crippen LogP contribution in [-0.2, 0) is 4.33 Å². The maximum Gasteiger partial charge on any atom is 0.174 e. The molecule has 0 aliphatic rings. The summed E-state index contributed by atoms with van der Waals surface area (Å²) in [6.45, 7) is 0. The fourth-order valence-corrected chi connectivity index (χ4v) is 1.80. The van der Waals surface area contributed by atoms with Crippen LogP contribution < -0.4 is 0 Å². The molecule has 0 fully saturated rings. The van der Waals surface area contributed by atoms with Crippen LogP contribution in [0.3, 0.4) is 0 Å².